The van der Waals surface area contributed by atoms with Crippen molar-refractivity contribution in [2.45, 2.75) is 89.4 Å². The van der Waals surface area contributed by atoms with E-state index in [2.05, 4.69) is 17.4 Å². The van der Waals surface area contributed by atoms with Gasteiger partial charge < -0.3 is 14.8 Å². The van der Waals surface area contributed by atoms with Gasteiger partial charge in [0, 0.05) is 36.9 Å². The third kappa shape index (κ3) is 8.03. The Kier molecular flexibility index (Phi) is 10.5. The summed E-state index contributed by atoms with van der Waals surface area (Å²) < 4.78 is 66.8. The molecule has 1 aromatic heterocycles. The first-order valence-corrected chi connectivity index (χ1v) is 16.3. The van der Waals surface area contributed by atoms with Crippen LogP contribution in [-0.2, 0) is 41.8 Å². The van der Waals surface area contributed by atoms with Crippen molar-refractivity contribution in [2.75, 3.05) is 6.61 Å². The Balaban J connectivity index is 1.47. The van der Waals surface area contributed by atoms with E-state index in [-0.39, 0.29) is 24.6 Å². The van der Waals surface area contributed by atoms with Crippen molar-refractivity contribution in [3.8, 4) is 11.1 Å². The summed E-state index contributed by atoms with van der Waals surface area (Å²) in [5.74, 6) is -0.107. The molecule has 0 radical (unpaired) electrons. The fourth-order valence-corrected chi connectivity index (χ4v) is 6.67. The molecule has 1 aliphatic carbocycles. The minimum Gasteiger partial charge on any atom is -0.353 e. The van der Waals surface area contributed by atoms with E-state index in [0.29, 0.717) is 26.1 Å². The zero-order chi connectivity index (χ0) is 31.9. The lowest BCUT2D eigenvalue weighted by Gasteiger charge is -2.27. The highest BCUT2D eigenvalue weighted by molar-refractivity contribution is 5.73. The average Bonchev–Trinajstić information content (AvgIpc) is 3.61. The summed E-state index contributed by atoms with van der Waals surface area (Å²) in [6, 6.07) is 22.0. The second-order valence-corrected chi connectivity index (χ2v) is 12.3. The summed E-state index contributed by atoms with van der Waals surface area (Å²) in [6.45, 7) is 2.05. The van der Waals surface area contributed by atoms with Crippen molar-refractivity contribution < 1.29 is 27.0 Å². The van der Waals surface area contributed by atoms with Crippen LogP contribution in [0.5, 0.6) is 0 Å². The Labute approximate surface area is 268 Å². The highest BCUT2D eigenvalue weighted by atomic mass is 19.4. The smallest absolute Gasteiger partial charge is 0.353 e. The lowest BCUT2D eigenvalue weighted by Crippen LogP contribution is -2.24. The summed E-state index contributed by atoms with van der Waals surface area (Å²) in [6.07, 6.45) is 2.70. The van der Waals surface area contributed by atoms with Gasteiger partial charge in [-0.2, -0.15) is 13.2 Å². The molecule has 1 saturated carbocycles. The van der Waals surface area contributed by atoms with Crippen LogP contribution in [0.25, 0.3) is 11.1 Å². The number of nitrogens with one attached hydrogen (secondary N) is 1. The number of aromatic nitrogens is 1. The standard InChI is InChI=1S/C38H40F4N2O2/c39-31-19-15-28(16-20-31)36-32(22-26-13-17-30(18-14-26)38(40,41)42)37(29-10-4-5-11-29)44-34(24-43-23-27-8-2-1-3-9-27)33(36)25-46-35-12-6-7-21-45-35/h1-3,8-9,13-20,29,35,43H,4-7,10-12,21-25H2. The molecule has 0 spiro atoms. The van der Waals surface area contributed by atoms with Crippen molar-refractivity contribution in [1.29, 1.82) is 0 Å². The quantitative estimate of drug-likeness (QED) is 0.167. The second-order valence-electron chi connectivity index (χ2n) is 12.3. The Hall–Kier alpha value is -3.59. The van der Waals surface area contributed by atoms with E-state index >= 15 is 0 Å². The maximum Gasteiger partial charge on any atom is 0.416 e. The van der Waals surface area contributed by atoms with Crippen molar-refractivity contribution in [2.24, 2.45) is 0 Å². The number of alkyl halides is 3. The van der Waals surface area contributed by atoms with Gasteiger partial charge >= 0.3 is 6.18 Å². The van der Waals surface area contributed by atoms with Crippen LogP contribution in [0.3, 0.4) is 0 Å². The van der Waals surface area contributed by atoms with E-state index in [1.807, 2.05) is 18.2 Å². The number of benzene rings is 3. The van der Waals surface area contributed by atoms with E-state index in [0.717, 1.165) is 102 Å². The fraction of sp³-hybridized carbons (Fsp3) is 0.395. The molecule has 4 aromatic rings. The van der Waals surface area contributed by atoms with Crippen LogP contribution in [0.1, 0.15) is 90.1 Å². The number of hydrogen-bond donors (Lipinski definition) is 1. The van der Waals surface area contributed by atoms with Gasteiger partial charge in [0.05, 0.1) is 17.9 Å². The van der Waals surface area contributed by atoms with Gasteiger partial charge in [-0.15, -0.1) is 0 Å². The van der Waals surface area contributed by atoms with Crippen LogP contribution in [0.4, 0.5) is 17.6 Å². The molecule has 2 fully saturated rings. The molecule has 46 heavy (non-hydrogen) atoms. The van der Waals surface area contributed by atoms with Gasteiger partial charge in [-0.3, -0.25) is 4.98 Å². The maximum atomic E-state index is 14.3. The number of hydrogen-bond acceptors (Lipinski definition) is 4. The minimum atomic E-state index is -4.41. The largest absolute Gasteiger partial charge is 0.416 e. The van der Waals surface area contributed by atoms with E-state index < -0.39 is 11.7 Å². The molecule has 4 nitrogen and oxygen atoms in total. The third-order valence-corrected chi connectivity index (χ3v) is 9.07. The van der Waals surface area contributed by atoms with E-state index in [1.165, 1.54) is 12.1 Å². The number of nitrogens with zero attached hydrogens (tertiary/aromatic N) is 1. The van der Waals surface area contributed by atoms with Gasteiger partial charge in [0.1, 0.15) is 5.82 Å². The summed E-state index contributed by atoms with van der Waals surface area (Å²) in [4.78, 5) is 5.37. The highest BCUT2D eigenvalue weighted by Crippen LogP contribution is 2.42. The zero-order valence-corrected chi connectivity index (χ0v) is 25.9. The van der Waals surface area contributed by atoms with E-state index in [1.54, 1.807) is 24.3 Å². The van der Waals surface area contributed by atoms with Crippen LogP contribution in [0, 0.1) is 5.82 Å². The SMILES string of the molecule is Fc1ccc(-c2c(COC3CCCCO3)c(CNCc3ccccc3)nc(C3CCCC3)c2Cc2ccc(C(F)(F)F)cc2)cc1. The van der Waals surface area contributed by atoms with Crippen molar-refractivity contribution in [1.82, 2.24) is 10.3 Å². The Morgan fingerprint density at radius 1 is 0.783 bits per heavy atom. The van der Waals surface area contributed by atoms with Gasteiger partial charge in [-0.1, -0.05) is 67.4 Å². The van der Waals surface area contributed by atoms with E-state index in [4.69, 9.17) is 14.5 Å². The number of ether oxygens (including phenoxy) is 2. The van der Waals surface area contributed by atoms with Crippen molar-refractivity contribution in [3.63, 3.8) is 0 Å². The number of pyridine rings is 1. The van der Waals surface area contributed by atoms with Crippen LogP contribution in [-0.4, -0.2) is 17.9 Å². The Morgan fingerprint density at radius 3 is 2.17 bits per heavy atom. The molecule has 6 rings (SSSR count). The molecule has 0 bridgehead atoms. The number of halogens is 4. The van der Waals surface area contributed by atoms with Gasteiger partial charge in [0.2, 0.25) is 0 Å². The molecule has 1 atom stereocenters. The van der Waals surface area contributed by atoms with Gasteiger partial charge in [0.15, 0.2) is 6.29 Å². The molecule has 1 unspecified atom stereocenters. The first-order chi connectivity index (χ1) is 22.3. The molecule has 1 saturated heterocycles. The third-order valence-electron chi connectivity index (χ3n) is 9.07. The average molecular weight is 633 g/mol. The van der Waals surface area contributed by atoms with Crippen LogP contribution >= 0.6 is 0 Å². The van der Waals surface area contributed by atoms with Gasteiger partial charge in [-0.05, 0) is 90.6 Å². The molecule has 1 aliphatic heterocycles. The summed E-state index contributed by atoms with van der Waals surface area (Å²) >= 11 is 0. The zero-order valence-electron chi connectivity index (χ0n) is 25.9. The van der Waals surface area contributed by atoms with Crippen LogP contribution in [0.2, 0.25) is 0 Å². The molecule has 8 heteroatoms. The molecule has 242 valence electrons. The second kappa shape index (κ2) is 14.9. The normalized spacial score (nSPS) is 17.4. The van der Waals surface area contributed by atoms with Crippen LogP contribution in [0.15, 0.2) is 78.9 Å². The molecule has 2 heterocycles. The molecule has 0 amide bonds. The molecular weight excluding hydrogens is 592 g/mol. The predicted octanol–water partition coefficient (Wildman–Crippen LogP) is 9.49. The summed E-state index contributed by atoms with van der Waals surface area (Å²) in [5.41, 5.74) is 6.69. The first-order valence-electron chi connectivity index (χ1n) is 16.3. The summed E-state index contributed by atoms with van der Waals surface area (Å²) in [7, 11) is 0. The highest BCUT2D eigenvalue weighted by Gasteiger charge is 2.31. The topological polar surface area (TPSA) is 43.4 Å². The van der Waals surface area contributed by atoms with Gasteiger partial charge in [0.25, 0.3) is 0 Å². The fourth-order valence-electron chi connectivity index (χ4n) is 6.67. The van der Waals surface area contributed by atoms with Crippen molar-refractivity contribution >= 4 is 0 Å². The van der Waals surface area contributed by atoms with Crippen molar-refractivity contribution in [3.05, 3.63) is 124 Å². The Bertz CT molecular complexity index is 1560. The number of rotatable bonds is 11. The lowest BCUT2D eigenvalue weighted by atomic mass is 9.85. The molecule has 3 aromatic carbocycles. The molecule has 2 aliphatic rings. The maximum absolute atomic E-state index is 14.3. The predicted molar refractivity (Wildman–Crippen MR) is 170 cm³/mol. The van der Waals surface area contributed by atoms with Gasteiger partial charge in [-0.25, -0.2) is 4.39 Å². The monoisotopic (exact) mass is 632 g/mol. The molecule has 1 N–H and O–H groups in total. The van der Waals surface area contributed by atoms with Crippen LogP contribution < -0.4 is 5.32 Å². The Morgan fingerprint density at radius 2 is 1.50 bits per heavy atom. The lowest BCUT2D eigenvalue weighted by molar-refractivity contribution is -0.169. The minimum absolute atomic E-state index is 0.230. The molecular formula is C38H40F4N2O2. The van der Waals surface area contributed by atoms with E-state index in [9.17, 15) is 17.6 Å². The first kappa shape index (κ1) is 32.4. The summed E-state index contributed by atoms with van der Waals surface area (Å²) in [5, 5.41) is 3.58.